The van der Waals surface area contributed by atoms with Crippen molar-refractivity contribution in [3.8, 4) is 0 Å². The summed E-state index contributed by atoms with van der Waals surface area (Å²) in [6, 6.07) is 10.0. The topological polar surface area (TPSA) is 30.0 Å². The van der Waals surface area contributed by atoms with Crippen LogP contribution >= 0.6 is 11.3 Å². The smallest absolute Gasteiger partial charge is 0.242 e. The maximum Gasteiger partial charge on any atom is 0.242 e. The molecule has 0 saturated heterocycles. The molecule has 0 fully saturated rings. The highest BCUT2D eigenvalue weighted by atomic mass is 32.1. The van der Waals surface area contributed by atoms with Crippen molar-refractivity contribution in [2.75, 3.05) is 0 Å². The second-order valence-corrected chi connectivity index (χ2v) is 5.21. The first-order chi connectivity index (χ1) is 8.15. The Hall–Kier alpha value is -1.74. The van der Waals surface area contributed by atoms with Gasteiger partial charge in [0.25, 0.3) is 0 Å². The molecule has 0 aliphatic heterocycles. The predicted octanol–water partition coefficient (Wildman–Crippen LogP) is 3.43. The number of hydrogen-bond donors (Lipinski definition) is 0. The van der Waals surface area contributed by atoms with E-state index in [0.29, 0.717) is 0 Å². The summed E-state index contributed by atoms with van der Waals surface area (Å²) >= 11 is 1.23. The largest absolute Gasteiger partial charge is 0.277 e. The molecule has 2 aromatic heterocycles. The zero-order valence-electron chi connectivity index (χ0n) is 9.65. The maximum atomic E-state index is 12.0. The Morgan fingerprint density at radius 1 is 1.00 bits per heavy atom. The zero-order chi connectivity index (χ0) is 12.0. The van der Waals surface area contributed by atoms with E-state index in [-0.39, 0.29) is 4.74 Å². The second kappa shape index (κ2) is 3.64. The van der Waals surface area contributed by atoms with E-state index >= 15 is 0 Å². The van der Waals surface area contributed by atoms with Gasteiger partial charge >= 0.3 is 0 Å². The van der Waals surface area contributed by atoms with Gasteiger partial charge in [0.15, 0.2) is 0 Å². The number of hydrogen-bond acceptors (Lipinski definition) is 3. The van der Waals surface area contributed by atoms with Crippen molar-refractivity contribution in [2.45, 2.75) is 13.8 Å². The maximum absolute atomic E-state index is 12.0. The van der Waals surface area contributed by atoms with Crippen LogP contribution in [0.4, 0.5) is 0 Å². The molecule has 0 radical (unpaired) electrons. The minimum Gasteiger partial charge on any atom is -0.277 e. The molecule has 0 saturated carbocycles. The third-order valence-corrected chi connectivity index (χ3v) is 3.78. The zero-order valence-corrected chi connectivity index (χ0v) is 10.5. The first-order valence-electron chi connectivity index (χ1n) is 5.46. The average molecular weight is 241 g/mol. The van der Waals surface area contributed by atoms with Crippen LogP contribution in [0.1, 0.15) is 11.3 Å². The molecule has 0 aliphatic rings. The van der Waals surface area contributed by atoms with Crippen LogP contribution in [0.15, 0.2) is 35.1 Å². The summed E-state index contributed by atoms with van der Waals surface area (Å²) in [5, 5.41) is 2.87. The van der Waals surface area contributed by atoms with E-state index in [4.69, 9.17) is 0 Å². The van der Waals surface area contributed by atoms with Gasteiger partial charge in [0.2, 0.25) is 4.74 Å². The lowest BCUT2D eigenvalue weighted by molar-refractivity contribution is 1.27. The van der Waals surface area contributed by atoms with Crippen LogP contribution in [-0.4, -0.2) is 4.98 Å². The third-order valence-electron chi connectivity index (χ3n) is 2.87. The quantitative estimate of drug-likeness (QED) is 0.564. The Kier molecular flexibility index (Phi) is 2.23. The van der Waals surface area contributed by atoms with E-state index in [9.17, 15) is 4.79 Å². The molecule has 2 heterocycles. The van der Waals surface area contributed by atoms with Crippen LogP contribution in [0.25, 0.3) is 21.0 Å². The van der Waals surface area contributed by atoms with Gasteiger partial charge in [-0.2, -0.15) is 0 Å². The van der Waals surface area contributed by atoms with Gasteiger partial charge in [-0.15, -0.1) is 0 Å². The van der Waals surface area contributed by atoms with Crippen LogP contribution in [-0.2, 0) is 0 Å². The number of aryl methyl sites for hydroxylation is 2. The molecule has 0 spiro atoms. The van der Waals surface area contributed by atoms with E-state index in [2.05, 4.69) is 4.98 Å². The molecule has 17 heavy (non-hydrogen) atoms. The first-order valence-corrected chi connectivity index (χ1v) is 6.27. The van der Waals surface area contributed by atoms with E-state index in [1.54, 1.807) is 0 Å². The van der Waals surface area contributed by atoms with Crippen LogP contribution < -0.4 is 4.74 Å². The predicted molar refractivity (Wildman–Crippen MR) is 72.9 cm³/mol. The lowest BCUT2D eigenvalue weighted by atomic mass is 10.1. The van der Waals surface area contributed by atoms with Gasteiger partial charge in [0.05, 0.1) is 0 Å². The number of aromatic nitrogens is 1. The standard InChI is InChI=1S/C14H11NOS/c1-8-3-5-10-11-6-4-9(2)15-13(11)17-14(16)12(10)7-8/h3-7H,1-2H3. The average Bonchev–Trinajstić information content (AvgIpc) is 2.29. The highest BCUT2D eigenvalue weighted by molar-refractivity contribution is 7.16. The minimum atomic E-state index is 0.0919. The summed E-state index contributed by atoms with van der Waals surface area (Å²) in [4.78, 5) is 17.3. The Bertz CT molecular complexity index is 789. The fraction of sp³-hybridized carbons (Fsp3) is 0.143. The van der Waals surface area contributed by atoms with Crippen molar-refractivity contribution in [2.24, 2.45) is 0 Å². The summed E-state index contributed by atoms with van der Waals surface area (Å²) in [6.07, 6.45) is 0. The van der Waals surface area contributed by atoms with Gasteiger partial charge in [0.1, 0.15) is 4.83 Å². The van der Waals surface area contributed by atoms with Crippen LogP contribution in [0.5, 0.6) is 0 Å². The molecule has 0 atom stereocenters. The third kappa shape index (κ3) is 1.63. The van der Waals surface area contributed by atoms with Gasteiger partial charge in [-0.25, -0.2) is 4.98 Å². The molecular formula is C14H11NOS. The molecular weight excluding hydrogens is 230 g/mol. The molecule has 0 aliphatic carbocycles. The van der Waals surface area contributed by atoms with E-state index < -0.39 is 0 Å². The van der Waals surface area contributed by atoms with Crippen LogP contribution in [0.3, 0.4) is 0 Å². The molecule has 84 valence electrons. The number of nitrogens with zero attached hydrogens (tertiary/aromatic N) is 1. The molecule has 0 amide bonds. The van der Waals surface area contributed by atoms with Crippen molar-refractivity contribution in [1.82, 2.24) is 4.98 Å². The van der Waals surface area contributed by atoms with Gasteiger partial charge < -0.3 is 0 Å². The normalized spacial score (nSPS) is 11.2. The lowest BCUT2D eigenvalue weighted by Crippen LogP contribution is -1.97. The second-order valence-electron chi connectivity index (χ2n) is 4.24. The highest BCUT2D eigenvalue weighted by Gasteiger charge is 2.06. The SMILES string of the molecule is Cc1ccc2c(c1)c(=O)sc1nc(C)ccc12. The summed E-state index contributed by atoms with van der Waals surface area (Å²) in [5.74, 6) is 0. The van der Waals surface area contributed by atoms with Gasteiger partial charge in [-0.05, 0) is 37.4 Å². The van der Waals surface area contributed by atoms with Gasteiger partial charge in [-0.3, -0.25) is 4.79 Å². The van der Waals surface area contributed by atoms with Crippen LogP contribution in [0, 0.1) is 13.8 Å². The molecule has 1 aromatic carbocycles. The summed E-state index contributed by atoms with van der Waals surface area (Å²) in [6.45, 7) is 3.94. The Balaban J connectivity index is 2.60. The minimum absolute atomic E-state index is 0.0919. The van der Waals surface area contributed by atoms with Gasteiger partial charge in [-0.1, -0.05) is 29.0 Å². The molecule has 3 rings (SSSR count). The fourth-order valence-corrected chi connectivity index (χ4v) is 2.95. The monoisotopic (exact) mass is 241 g/mol. The number of pyridine rings is 1. The molecule has 0 bridgehead atoms. The molecule has 0 unspecified atom stereocenters. The molecule has 3 aromatic rings. The van der Waals surface area contributed by atoms with Crippen molar-refractivity contribution in [3.63, 3.8) is 0 Å². The molecule has 3 heteroatoms. The van der Waals surface area contributed by atoms with Crippen molar-refractivity contribution >= 4 is 32.3 Å². The van der Waals surface area contributed by atoms with Gasteiger partial charge in [0, 0.05) is 16.5 Å². The lowest BCUT2D eigenvalue weighted by Gasteiger charge is -2.03. The molecule has 2 nitrogen and oxygen atoms in total. The van der Waals surface area contributed by atoms with Crippen molar-refractivity contribution in [3.05, 3.63) is 51.1 Å². The van der Waals surface area contributed by atoms with Crippen LogP contribution in [0.2, 0.25) is 0 Å². The summed E-state index contributed by atoms with van der Waals surface area (Å²) in [5.41, 5.74) is 2.06. The first kappa shape index (κ1) is 10.4. The number of fused-ring (bicyclic) bond motifs is 3. The molecule has 0 N–H and O–H groups in total. The van der Waals surface area contributed by atoms with Crippen molar-refractivity contribution in [1.29, 1.82) is 0 Å². The summed E-state index contributed by atoms with van der Waals surface area (Å²) in [7, 11) is 0. The van der Waals surface area contributed by atoms with E-state index in [1.165, 1.54) is 11.3 Å². The van der Waals surface area contributed by atoms with E-state index in [0.717, 1.165) is 32.2 Å². The Labute approximate surface area is 103 Å². The van der Waals surface area contributed by atoms with Crippen molar-refractivity contribution < 1.29 is 0 Å². The summed E-state index contributed by atoms with van der Waals surface area (Å²) < 4.78 is 0.0919. The Morgan fingerprint density at radius 3 is 2.59 bits per heavy atom. The number of rotatable bonds is 0. The highest BCUT2D eigenvalue weighted by Crippen LogP contribution is 2.24. The fourth-order valence-electron chi connectivity index (χ4n) is 2.02. The van der Waals surface area contributed by atoms with E-state index in [1.807, 2.05) is 44.2 Å². The number of benzene rings is 1. The Morgan fingerprint density at radius 2 is 1.76 bits per heavy atom.